The molecule has 1 aliphatic rings. The summed E-state index contributed by atoms with van der Waals surface area (Å²) in [5.74, 6) is 1.87. The first-order chi connectivity index (χ1) is 18.2. The van der Waals surface area contributed by atoms with Gasteiger partial charge in [0.25, 0.3) is 0 Å². The summed E-state index contributed by atoms with van der Waals surface area (Å²) < 4.78 is 11.3. The van der Waals surface area contributed by atoms with Gasteiger partial charge in [0.2, 0.25) is 5.95 Å². The van der Waals surface area contributed by atoms with Gasteiger partial charge in [-0.05, 0) is 38.7 Å². The molecule has 0 radical (unpaired) electrons. The van der Waals surface area contributed by atoms with Crippen LogP contribution >= 0.6 is 0 Å². The summed E-state index contributed by atoms with van der Waals surface area (Å²) in [5.41, 5.74) is 10.7. The Morgan fingerprint density at radius 2 is 1.92 bits per heavy atom. The molecule has 0 atom stereocenters. The Kier molecular flexibility index (Phi) is 9.50. The standard InChI is InChI=1S/C28H38N8O2/c1-8-9-10-19(15-20-11-12-36(5)27(20)30)26-25(38-7)18-31-28(33-26)32-22-16-21(29)23(17-24(22)37-6)35(4)14-13-34(2)3/h8,10-12,15-18,30H,1,9,13-14,29H2,2-7H3,(H,31,32,33)/b19-10?,20-15-,30-27?. The number of hydrogen-bond acceptors (Lipinski definition) is 9. The van der Waals surface area contributed by atoms with Gasteiger partial charge in [0.05, 0.1) is 37.5 Å². The van der Waals surface area contributed by atoms with E-state index in [-0.39, 0.29) is 0 Å². The Bertz CT molecular complexity index is 1270. The molecule has 1 aromatic heterocycles. The third-order valence-electron chi connectivity index (χ3n) is 6.06. The van der Waals surface area contributed by atoms with Gasteiger partial charge in [0.15, 0.2) is 5.75 Å². The summed E-state index contributed by atoms with van der Waals surface area (Å²) in [7, 11) is 11.1. The molecule has 0 fully saturated rings. The first-order valence-electron chi connectivity index (χ1n) is 12.2. The maximum absolute atomic E-state index is 8.33. The number of rotatable bonds is 12. The van der Waals surface area contributed by atoms with Gasteiger partial charge in [-0.3, -0.25) is 5.41 Å². The summed E-state index contributed by atoms with van der Waals surface area (Å²) in [4.78, 5) is 15.2. The first kappa shape index (κ1) is 28.3. The van der Waals surface area contributed by atoms with Gasteiger partial charge < -0.3 is 35.2 Å². The zero-order valence-electron chi connectivity index (χ0n) is 23.1. The van der Waals surface area contributed by atoms with E-state index in [0.717, 1.165) is 29.9 Å². The normalized spacial score (nSPS) is 14.4. The van der Waals surface area contributed by atoms with E-state index in [1.165, 1.54) is 0 Å². The number of hydrogen-bond donors (Lipinski definition) is 3. The minimum Gasteiger partial charge on any atom is -0.494 e. The third kappa shape index (κ3) is 6.71. The Balaban J connectivity index is 1.99. The summed E-state index contributed by atoms with van der Waals surface area (Å²) >= 11 is 0. The zero-order valence-corrected chi connectivity index (χ0v) is 23.1. The summed E-state index contributed by atoms with van der Waals surface area (Å²) in [6.07, 6.45) is 11.7. The highest BCUT2D eigenvalue weighted by molar-refractivity contribution is 6.03. The molecule has 2 aromatic rings. The Morgan fingerprint density at radius 3 is 2.53 bits per heavy atom. The van der Waals surface area contributed by atoms with Crippen molar-refractivity contribution in [3.8, 4) is 11.5 Å². The average molecular weight is 519 g/mol. The largest absolute Gasteiger partial charge is 0.494 e. The van der Waals surface area contributed by atoms with Crippen molar-refractivity contribution in [1.29, 1.82) is 5.41 Å². The van der Waals surface area contributed by atoms with E-state index >= 15 is 0 Å². The lowest BCUT2D eigenvalue weighted by molar-refractivity contribution is 0.409. The molecule has 4 N–H and O–H groups in total. The van der Waals surface area contributed by atoms with Crippen LogP contribution in [0.2, 0.25) is 0 Å². The molecule has 0 saturated carbocycles. The Labute approximate surface area is 225 Å². The molecule has 10 heteroatoms. The number of nitrogens with one attached hydrogen (secondary N) is 2. The van der Waals surface area contributed by atoms with Gasteiger partial charge in [0.1, 0.15) is 17.3 Å². The second-order valence-corrected chi connectivity index (χ2v) is 9.13. The maximum Gasteiger partial charge on any atom is 0.228 e. The van der Waals surface area contributed by atoms with Gasteiger partial charge in [-0.15, -0.1) is 6.58 Å². The van der Waals surface area contributed by atoms with Gasteiger partial charge in [0, 0.05) is 50.6 Å². The molecule has 1 aromatic carbocycles. The number of anilines is 4. The van der Waals surface area contributed by atoms with Crippen LogP contribution < -0.4 is 25.4 Å². The maximum atomic E-state index is 8.33. The van der Waals surface area contributed by atoms with Crippen LogP contribution in [0.1, 0.15) is 12.1 Å². The number of aromatic nitrogens is 2. The predicted molar refractivity (Wildman–Crippen MR) is 157 cm³/mol. The Hall–Kier alpha value is -4.31. The van der Waals surface area contributed by atoms with E-state index in [0.29, 0.717) is 46.8 Å². The molecule has 0 aliphatic carbocycles. The molecule has 0 bridgehead atoms. The minimum atomic E-state index is 0.351. The van der Waals surface area contributed by atoms with Crippen LogP contribution in [0.15, 0.2) is 61.0 Å². The van der Waals surface area contributed by atoms with E-state index in [2.05, 4.69) is 26.7 Å². The number of amidine groups is 1. The highest BCUT2D eigenvalue weighted by Gasteiger charge is 2.18. The lowest BCUT2D eigenvalue weighted by Crippen LogP contribution is -2.29. The van der Waals surface area contributed by atoms with E-state index < -0.39 is 0 Å². The molecule has 10 nitrogen and oxygen atoms in total. The monoisotopic (exact) mass is 518 g/mol. The van der Waals surface area contributed by atoms with Crippen molar-refractivity contribution in [1.82, 2.24) is 19.8 Å². The second-order valence-electron chi connectivity index (χ2n) is 9.13. The van der Waals surface area contributed by atoms with Crippen molar-refractivity contribution in [2.75, 3.05) is 71.5 Å². The fourth-order valence-electron chi connectivity index (χ4n) is 3.83. The third-order valence-corrected chi connectivity index (χ3v) is 6.06. The van der Waals surface area contributed by atoms with E-state index in [1.54, 1.807) is 31.4 Å². The fourth-order valence-corrected chi connectivity index (χ4v) is 3.83. The van der Waals surface area contributed by atoms with Crippen molar-refractivity contribution < 1.29 is 9.47 Å². The predicted octanol–water partition coefficient (Wildman–Crippen LogP) is 4.14. The second kappa shape index (κ2) is 12.8. The highest BCUT2D eigenvalue weighted by Crippen LogP contribution is 2.37. The van der Waals surface area contributed by atoms with E-state index in [1.807, 2.05) is 64.8 Å². The van der Waals surface area contributed by atoms with Gasteiger partial charge in [-0.2, -0.15) is 0 Å². The summed E-state index contributed by atoms with van der Waals surface area (Å²) in [6.45, 7) is 5.54. The molecule has 1 aliphatic heterocycles. The molecule has 3 rings (SSSR count). The smallest absolute Gasteiger partial charge is 0.228 e. The fraction of sp³-hybridized carbons (Fsp3) is 0.321. The first-order valence-corrected chi connectivity index (χ1v) is 12.2. The number of nitrogens with zero attached hydrogens (tertiary/aromatic N) is 5. The van der Waals surface area contributed by atoms with Crippen LogP contribution in [0.4, 0.5) is 23.0 Å². The van der Waals surface area contributed by atoms with Crippen LogP contribution in [-0.4, -0.2) is 81.1 Å². The van der Waals surface area contributed by atoms with Crippen LogP contribution in [0, 0.1) is 5.41 Å². The molecule has 2 heterocycles. The number of benzene rings is 1. The number of allylic oxidation sites excluding steroid dienone is 4. The van der Waals surface area contributed by atoms with Gasteiger partial charge in [-0.25, -0.2) is 9.97 Å². The van der Waals surface area contributed by atoms with Crippen molar-refractivity contribution in [2.45, 2.75) is 6.42 Å². The van der Waals surface area contributed by atoms with E-state index in [9.17, 15) is 0 Å². The SMILES string of the molecule is C=CCC=C(/C=C1/C=CN(C)C1=N)c1nc(Nc2cc(N)c(N(C)CCN(C)C)cc2OC)ncc1OC. The van der Waals surface area contributed by atoms with Crippen molar-refractivity contribution in [2.24, 2.45) is 0 Å². The van der Waals surface area contributed by atoms with Crippen LogP contribution in [0.25, 0.3) is 5.57 Å². The molecule has 0 unspecified atom stereocenters. The van der Waals surface area contributed by atoms with Crippen molar-refractivity contribution in [3.05, 3.63) is 66.7 Å². The quantitative estimate of drug-likeness (QED) is 0.282. The lowest BCUT2D eigenvalue weighted by Gasteiger charge is -2.24. The van der Waals surface area contributed by atoms with Crippen LogP contribution in [-0.2, 0) is 0 Å². The zero-order chi connectivity index (χ0) is 27.8. The number of nitrogens with two attached hydrogens (primary N) is 1. The van der Waals surface area contributed by atoms with Crippen molar-refractivity contribution in [3.63, 3.8) is 0 Å². The molecular formula is C28H38N8O2. The molecule has 38 heavy (non-hydrogen) atoms. The molecule has 0 saturated heterocycles. The van der Waals surface area contributed by atoms with E-state index in [4.69, 9.17) is 25.6 Å². The van der Waals surface area contributed by atoms with Crippen molar-refractivity contribution >= 4 is 34.4 Å². The Morgan fingerprint density at radius 1 is 1.18 bits per heavy atom. The number of likely N-dealkylation sites (N-methyl/N-ethyl adjacent to an activating group) is 3. The summed E-state index contributed by atoms with van der Waals surface area (Å²) in [5, 5.41) is 11.6. The molecular weight excluding hydrogens is 480 g/mol. The highest BCUT2D eigenvalue weighted by atomic mass is 16.5. The topological polar surface area (TPSA) is 116 Å². The van der Waals surface area contributed by atoms with Gasteiger partial charge >= 0.3 is 0 Å². The minimum absolute atomic E-state index is 0.351. The molecule has 0 amide bonds. The number of methoxy groups -OCH3 is 2. The average Bonchev–Trinajstić information content (AvgIpc) is 3.21. The van der Waals surface area contributed by atoms with Crippen LogP contribution in [0.5, 0.6) is 11.5 Å². The lowest BCUT2D eigenvalue weighted by atomic mass is 10.1. The summed E-state index contributed by atoms with van der Waals surface area (Å²) in [6, 6.07) is 3.73. The van der Waals surface area contributed by atoms with Crippen LogP contribution in [0.3, 0.4) is 0 Å². The number of nitrogen functional groups attached to an aromatic ring is 1. The molecule has 0 spiro atoms. The molecule has 202 valence electrons. The van der Waals surface area contributed by atoms with Gasteiger partial charge in [-0.1, -0.05) is 12.2 Å². The number of ether oxygens (including phenoxy) is 2.